The SMILES string of the molecule is Cc1[se]c2ccccc2[n+]1CCCS(=O)(=O)[O-]. The van der Waals surface area contributed by atoms with E-state index >= 15 is 0 Å². The molecule has 0 atom stereocenters. The van der Waals surface area contributed by atoms with E-state index < -0.39 is 10.1 Å². The molecule has 1 aromatic carbocycles. The van der Waals surface area contributed by atoms with E-state index in [1.54, 1.807) is 0 Å². The van der Waals surface area contributed by atoms with Crippen molar-refractivity contribution in [3.63, 3.8) is 0 Å². The van der Waals surface area contributed by atoms with Gasteiger partial charge >= 0.3 is 106 Å². The first-order chi connectivity index (χ1) is 7.97. The number of fused-ring (bicyclic) bond motifs is 1. The molecule has 0 unspecified atom stereocenters. The quantitative estimate of drug-likeness (QED) is 0.467. The predicted molar refractivity (Wildman–Crippen MR) is 65.0 cm³/mol. The number of nitrogens with zero attached hydrogens (tertiary/aromatic N) is 1. The van der Waals surface area contributed by atoms with Gasteiger partial charge in [-0.05, 0) is 0 Å². The van der Waals surface area contributed by atoms with Crippen LogP contribution in [0.1, 0.15) is 11.0 Å². The Morgan fingerprint density at radius 3 is 2.76 bits per heavy atom. The maximum absolute atomic E-state index is 10.6. The molecule has 0 aliphatic rings. The van der Waals surface area contributed by atoms with Gasteiger partial charge in [0.05, 0.1) is 0 Å². The topological polar surface area (TPSA) is 61.1 Å². The summed E-state index contributed by atoms with van der Waals surface area (Å²) < 4.78 is 36.4. The average molecular weight is 318 g/mol. The van der Waals surface area contributed by atoms with Gasteiger partial charge in [-0.3, -0.25) is 0 Å². The molecule has 4 nitrogen and oxygen atoms in total. The van der Waals surface area contributed by atoms with Crippen LogP contribution < -0.4 is 4.57 Å². The zero-order valence-corrected chi connectivity index (χ0v) is 11.9. The second-order valence-corrected chi connectivity index (χ2v) is 7.97. The van der Waals surface area contributed by atoms with Crippen LogP contribution in [0.4, 0.5) is 0 Å². The summed E-state index contributed by atoms with van der Waals surface area (Å²) in [4.78, 5) is 0. The van der Waals surface area contributed by atoms with Gasteiger partial charge in [-0.25, -0.2) is 0 Å². The molecule has 0 saturated carbocycles. The number of hydrogen-bond donors (Lipinski definition) is 0. The van der Waals surface area contributed by atoms with Crippen molar-refractivity contribution in [1.29, 1.82) is 0 Å². The molecule has 1 heterocycles. The molecule has 0 N–H and O–H groups in total. The first-order valence-corrected chi connectivity index (χ1v) is 8.58. The summed E-state index contributed by atoms with van der Waals surface area (Å²) in [6.45, 7) is 2.66. The summed E-state index contributed by atoms with van der Waals surface area (Å²) in [6.07, 6.45) is 0.383. The number of aryl methyl sites for hydroxylation is 2. The Morgan fingerprint density at radius 1 is 1.35 bits per heavy atom. The van der Waals surface area contributed by atoms with E-state index in [2.05, 4.69) is 17.6 Å². The maximum atomic E-state index is 10.6. The van der Waals surface area contributed by atoms with E-state index in [-0.39, 0.29) is 5.75 Å². The Balaban J connectivity index is 2.21. The van der Waals surface area contributed by atoms with Gasteiger partial charge < -0.3 is 0 Å². The molecule has 0 saturated heterocycles. The molecule has 0 radical (unpaired) electrons. The zero-order chi connectivity index (χ0) is 12.5. The summed E-state index contributed by atoms with van der Waals surface area (Å²) in [6, 6.07) is 8.13. The molecule has 0 amide bonds. The molecule has 0 spiro atoms. The van der Waals surface area contributed by atoms with Gasteiger partial charge in [0.1, 0.15) is 0 Å². The normalized spacial score (nSPS) is 12.1. The molecule has 6 heteroatoms. The minimum atomic E-state index is -4.09. The third-order valence-electron chi connectivity index (χ3n) is 2.57. The standard InChI is InChI=1S/C11H13NO3SSe/c1-9-12(7-4-8-16(13,14)15)10-5-2-3-6-11(10)17-9/h2-3,5-6H,4,7-8H2,1H3. The summed E-state index contributed by atoms with van der Waals surface area (Å²) in [5.41, 5.74) is 1.16. The molecule has 2 rings (SSSR count). The van der Waals surface area contributed by atoms with Crippen molar-refractivity contribution >= 4 is 34.4 Å². The third kappa shape index (κ3) is 3.16. The molecular formula is C11H13NO3SSe. The van der Waals surface area contributed by atoms with Crippen molar-refractivity contribution in [3.8, 4) is 0 Å². The van der Waals surface area contributed by atoms with Crippen LogP contribution in [0.25, 0.3) is 9.78 Å². The van der Waals surface area contributed by atoms with E-state index in [0.29, 0.717) is 27.5 Å². The number of rotatable bonds is 4. The van der Waals surface area contributed by atoms with Gasteiger partial charge in [0.15, 0.2) is 0 Å². The van der Waals surface area contributed by atoms with E-state index in [4.69, 9.17) is 0 Å². The minimum absolute atomic E-state index is 0.286. The fourth-order valence-electron chi connectivity index (χ4n) is 1.83. The van der Waals surface area contributed by atoms with Gasteiger partial charge in [-0.2, -0.15) is 0 Å². The van der Waals surface area contributed by atoms with Gasteiger partial charge in [0.25, 0.3) is 0 Å². The Morgan fingerprint density at radius 2 is 2.06 bits per heavy atom. The van der Waals surface area contributed by atoms with E-state index in [9.17, 15) is 13.0 Å². The van der Waals surface area contributed by atoms with Gasteiger partial charge in [0.2, 0.25) is 0 Å². The Labute approximate surface area is 106 Å². The number of benzene rings is 1. The first-order valence-electron chi connectivity index (χ1n) is 5.29. The monoisotopic (exact) mass is 319 g/mol. The molecule has 17 heavy (non-hydrogen) atoms. The molecule has 1 aromatic heterocycles. The molecule has 0 fully saturated rings. The van der Waals surface area contributed by atoms with Crippen LogP contribution in [0.15, 0.2) is 24.3 Å². The summed E-state index contributed by atoms with van der Waals surface area (Å²) in [5.74, 6) is -0.286. The Hall–Kier alpha value is -0.681. The molecule has 92 valence electrons. The fraction of sp³-hybridized carbons (Fsp3) is 0.364. The van der Waals surface area contributed by atoms with Crippen LogP contribution >= 0.6 is 0 Å². The molecule has 0 aliphatic heterocycles. The Bertz CT molecular complexity index is 633. The third-order valence-corrected chi connectivity index (χ3v) is 5.63. The second-order valence-electron chi connectivity index (χ2n) is 3.86. The van der Waals surface area contributed by atoms with Gasteiger partial charge in [-0.1, -0.05) is 0 Å². The van der Waals surface area contributed by atoms with Crippen LogP contribution in [0.2, 0.25) is 0 Å². The summed E-state index contributed by atoms with van der Waals surface area (Å²) >= 11 is 0.326. The number of aromatic nitrogens is 1. The van der Waals surface area contributed by atoms with Crippen molar-refractivity contribution in [1.82, 2.24) is 0 Å². The van der Waals surface area contributed by atoms with Crippen LogP contribution in [0.3, 0.4) is 0 Å². The van der Waals surface area contributed by atoms with Crippen LogP contribution in [-0.2, 0) is 16.7 Å². The van der Waals surface area contributed by atoms with E-state index in [1.807, 2.05) is 18.2 Å². The van der Waals surface area contributed by atoms with Crippen LogP contribution in [0, 0.1) is 6.92 Å². The van der Waals surface area contributed by atoms with Crippen molar-refractivity contribution in [2.45, 2.75) is 19.9 Å². The number of para-hydroxylation sites is 1. The van der Waals surface area contributed by atoms with E-state index in [1.165, 1.54) is 8.83 Å². The van der Waals surface area contributed by atoms with Crippen molar-refractivity contribution in [2.75, 3.05) is 5.75 Å². The summed E-state index contributed by atoms with van der Waals surface area (Å²) in [7, 11) is -4.09. The fourth-order valence-corrected chi connectivity index (χ4v) is 4.51. The van der Waals surface area contributed by atoms with E-state index in [0.717, 1.165) is 5.52 Å². The average Bonchev–Trinajstić information content (AvgIpc) is 2.54. The van der Waals surface area contributed by atoms with Crippen LogP contribution in [0.5, 0.6) is 0 Å². The first kappa shape index (κ1) is 12.8. The van der Waals surface area contributed by atoms with Crippen molar-refractivity contribution < 1.29 is 17.5 Å². The van der Waals surface area contributed by atoms with Crippen LogP contribution in [-0.4, -0.2) is 33.2 Å². The molecule has 0 aliphatic carbocycles. The van der Waals surface area contributed by atoms with Gasteiger partial charge in [-0.15, -0.1) is 0 Å². The Kier molecular flexibility index (Phi) is 3.68. The summed E-state index contributed by atoms with van der Waals surface area (Å²) in [5, 5.41) is 0. The van der Waals surface area contributed by atoms with Crippen molar-refractivity contribution in [3.05, 3.63) is 28.8 Å². The number of hydrogen-bond acceptors (Lipinski definition) is 3. The predicted octanol–water partition coefficient (Wildman–Crippen LogP) is 0.428. The van der Waals surface area contributed by atoms with Gasteiger partial charge in [0, 0.05) is 0 Å². The molecule has 0 bridgehead atoms. The zero-order valence-electron chi connectivity index (χ0n) is 9.42. The molecule has 2 aromatic rings. The molecular weight excluding hydrogens is 305 g/mol. The second kappa shape index (κ2) is 4.90. The van der Waals surface area contributed by atoms with Crippen molar-refractivity contribution in [2.24, 2.45) is 0 Å².